The number of hydrogen-bond donors (Lipinski definition) is 1. The van der Waals surface area contributed by atoms with Crippen LogP contribution >= 0.6 is 31.9 Å². The molecule has 0 radical (unpaired) electrons. The third-order valence-corrected chi connectivity index (χ3v) is 3.67. The minimum absolute atomic E-state index is 0.0742. The van der Waals surface area contributed by atoms with E-state index in [0.717, 1.165) is 14.5 Å². The summed E-state index contributed by atoms with van der Waals surface area (Å²) in [4.78, 5) is 13.0. The zero-order chi connectivity index (χ0) is 13.0. The Labute approximate surface area is 119 Å². The molecule has 1 N–H and O–H groups in total. The maximum atomic E-state index is 11.5. The van der Waals surface area contributed by atoms with Crippen molar-refractivity contribution in [2.24, 2.45) is 0 Å². The second-order valence-electron chi connectivity index (χ2n) is 4.06. The van der Waals surface area contributed by atoms with Crippen molar-refractivity contribution >= 4 is 37.8 Å². The van der Waals surface area contributed by atoms with Crippen LogP contribution in [0.3, 0.4) is 0 Å². The summed E-state index contributed by atoms with van der Waals surface area (Å²) in [5, 5.41) is 3.20. The van der Waals surface area contributed by atoms with E-state index in [1.165, 1.54) is 0 Å². The first-order valence-electron chi connectivity index (χ1n) is 5.30. The van der Waals surface area contributed by atoms with Crippen LogP contribution in [0.2, 0.25) is 0 Å². The number of hydrogen-bond acceptors (Lipinski definition) is 2. The van der Waals surface area contributed by atoms with Crippen molar-refractivity contribution in [3.05, 3.63) is 32.7 Å². The van der Waals surface area contributed by atoms with E-state index in [4.69, 9.17) is 0 Å². The summed E-state index contributed by atoms with van der Waals surface area (Å²) in [7, 11) is 3.51. The van der Waals surface area contributed by atoms with Crippen LogP contribution in [0.25, 0.3) is 0 Å². The van der Waals surface area contributed by atoms with Crippen LogP contribution in [0.15, 0.2) is 27.1 Å². The first-order chi connectivity index (χ1) is 7.91. The second kappa shape index (κ2) is 6.52. The van der Waals surface area contributed by atoms with E-state index in [-0.39, 0.29) is 11.9 Å². The topological polar surface area (TPSA) is 32.3 Å². The van der Waals surface area contributed by atoms with Crippen LogP contribution in [0, 0.1) is 0 Å². The molecule has 0 aromatic heterocycles. The van der Waals surface area contributed by atoms with E-state index in [1.54, 1.807) is 19.0 Å². The molecule has 0 spiro atoms. The highest BCUT2D eigenvalue weighted by Crippen LogP contribution is 2.26. The molecule has 1 rings (SSSR count). The van der Waals surface area contributed by atoms with Gasteiger partial charge >= 0.3 is 0 Å². The molecular weight excluding hydrogens is 348 g/mol. The largest absolute Gasteiger partial charge is 0.348 e. The smallest absolute Gasteiger partial charge is 0.236 e. The molecule has 0 bridgehead atoms. The van der Waals surface area contributed by atoms with Gasteiger partial charge in [0.25, 0.3) is 0 Å². The summed E-state index contributed by atoms with van der Waals surface area (Å²) < 4.78 is 2.06. The minimum Gasteiger partial charge on any atom is -0.348 e. The van der Waals surface area contributed by atoms with Gasteiger partial charge in [-0.2, -0.15) is 0 Å². The lowest BCUT2D eigenvalue weighted by molar-refractivity contribution is -0.127. The summed E-state index contributed by atoms with van der Waals surface area (Å²) in [5.41, 5.74) is 1.14. The Morgan fingerprint density at radius 2 is 2.06 bits per heavy atom. The van der Waals surface area contributed by atoms with E-state index in [0.29, 0.717) is 6.54 Å². The summed E-state index contributed by atoms with van der Waals surface area (Å²) in [5.74, 6) is 0.0742. The molecule has 0 heterocycles. The fourth-order valence-electron chi connectivity index (χ4n) is 1.36. The number of halogens is 2. The van der Waals surface area contributed by atoms with Crippen molar-refractivity contribution in [3.8, 4) is 0 Å². The Bertz CT molecular complexity index is 407. The molecule has 0 aliphatic carbocycles. The third-order valence-electron chi connectivity index (χ3n) is 2.49. The van der Waals surface area contributed by atoms with Gasteiger partial charge < -0.3 is 10.2 Å². The van der Waals surface area contributed by atoms with Gasteiger partial charge in [-0.05, 0) is 24.6 Å². The van der Waals surface area contributed by atoms with Gasteiger partial charge in [0.05, 0.1) is 6.54 Å². The highest BCUT2D eigenvalue weighted by molar-refractivity contribution is 9.11. The second-order valence-corrected chi connectivity index (χ2v) is 5.83. The number of carbonyl (C=O) groups is 1. The average molecular weight is 364 g/mol. The molecular formula is C12H16Br2N2O. The molecule has 0 aliphatic heterocycles. The normalized spacial score (nSPS) is 12.3. The van der Waals surface area contributed by atoms with Crippen molar-refractivity contribution < 1.29 is 4.79 Å². The molecule has 17 heavy (non-hydrogen) atoms. The molecule has 1 atom stereocenters. The first kappa shape index (κ1) is 14.7. The van der Waals surface area contributed by atoms with E-state index in [2.05, 4.69) is 37.2 Å². The fourth-order valence-corrected chi connectivity index (χ4v) is 2.75. The highest BCUT2D eigenvalue weighted by Gasteiger charge is 2.11. The molecule has 1 aromatic carbocycles. The van der Waals surface area contributed by atoms with Gasteiger partial charge in [-0.1, -0.05) is 37.9 Å². The summed E-state index contributed by atoms with van der Waals surface area (Å²) in [6.45, 7) is 2.38. The van der Waals surface area contributed by atoms with Crippen LogP contribution in [-0.2, 0) is 4.79 Å². The lowest BCUT2D eigenvalue weighted by atomic mass is 10.1. The van der Waals surface area contributed by atoms with Crippen molar-refractivity contribution in [3.63, 3.8) is 0 Å². The summed E-state index contributed by atoms with van der Waals surface area (Å²) >= 11 is 6.93. The van der Waals surface area contributed by atoms with Gasteiger partial charge in [-0.3, -0.25) is 4.79 Å². The zero-order valence-electron chi connectivity index (χ0n) is 10.1. The van der Waals surface area contributed by atoms with Crippen molar-refractivity contribution in [2.45, 2.75) is 13.0 Å². The number of carbonyl (C=O) groups excluding carboxylic acids is 1. The van der Waals surface area contributed by atoms with Gasteiger partial charge in [-0.25, -0.2) is 0 Å². The Kier molecular flexibility index (Phi) is 5.62. The Morgan fingerprint density at radius 1 is 1.41 bits per heavy atom. The van der Waals surface area contributed by atoms with E-state index >= 15 is 0 Å². The monoisotopic (exact) mass is 362 g/mol. The van der Waals surface area contributed by atoms with E-state index < -0.39 is 0 Å². The maximum Gasteiger partial charge on any atom is 0.236 e. The van der Waals surface area contributed by atoms with E-state index in [9.17, 15) is 4.79 Å². The number of benzene rings is 1. The van der Waals surface area contributed by atoms with Crippen LogP contribution in [0.1, 0.15) is 18.5 Å². The molecule has 3 nitrogen and oxygen atoms in total. The van der Waals surface area contributed by atoms with Gasteiger partial charge in [0.2, 0.25) is 5.91 Å². The summed E-state index contributed by atoms with van der Waals surface area (Å²) in [6.07, 6.45) is 0. The SMILES string of the molecule is CC(NCC(=O)N(C)C)c1ccc(Br)cc1Br. The van der Waals surface area contributed by atoms with Crippen LogP contribution in [0.4, 0.5) is 0 Å². The van der Waals surface area contributed by atoms with Gasteiger partial charge in [0.15, 0.2) is 0 Å². The van der Waals surface area contributed by atoms with Gasteiger partial charge in [-0.15, -0.1) is 0 Å². The number of nitrogens with one attached hydrogen (secondary N) is 1. The van der Waals surface area contributed by atoms with Gasteiger partial charge in [0.1, 0.15) is 0 Å². The number of likely N-dealkylation sites (N-methyl/N-ethyl adjacent to an activating group) is 1. The molecule has 0 saturated heterocycles. The predicted octanol–water partition coefficient (Wildman–Crippen LogP) is 2.95. The minimum atomic E-state index is 0.0742. The van der Waals surface area contributed by atoms with E-state index in [1.807, 2.05) is 25.1 Å². The average Bonchev–Trinajstić information content (AvgIpc) is 2.25. The Balaban J connectivity index is 2.64. The number of rotatable bonds is 4. The lowest BCUT2D eigenvalue weighted by Crippen LogP contribution is -2.34. The quantitative estimate of drug-likeness (QED) is 0.891. The molecule has 0 aliphatic rings. The molecule has 94 valence electrons. The molecule has 0 fully saturated rings. The van der Waals surface area contributed by atoms with Gasteiger partial charge in [0, 0.05) is 29.1 Å². The molecule has 1 unspecified atom stereocenters. The zero-order valence-corrected chi connectivity index (χ0v) is 13.3. The van der Waals surface area contributed by atoms with Crippen LogP contribution in [-0.4, -0.2) is 31.4 Å². The number of nitrogens with zero attached hydrogens (tertiary/aromatic N) is 1. The molecule has 1 aromatic rings. The Hall–Kier alpha value is -0.390. The lowest BCUT2D eigenvalue weighted by Gasteiger charge is -2.17. The summed E-state index contributed by atoms with van der Waals surface area (Å²) in [6, 6.07) is 6.15. The molecule has 5 heteroatoms. The number of amides is 1. The standard InChI is InChI=1S/C12H16Br2N2O/c1-8(15-7-12(17)16(2)3)10-5-4-9(13)6-11(10)14/h4-6,8,15H,7H2,1-3H3. The predicted molar refractivity (Wildman–Crippen MR) is 77.0 cm³/mol. The van der Waals surface area contributed by atoms with Crippen LogP contribution < -0.4 is 5.32 Å². The van der Waals surface area contributed by atoms with Crippen molar-refractivity contribution in [2.75, 3.05) is 20.6 Å². The third kappa shape index (κ3) is 4.41. The highest BCUT2D eigenvalue weighted by atomic mass is 79.9. The van der Waals surface area contributed by atoms with Crippen LogP contribution in [0.5, 0.6) is 0 Å². The van der Waals surface area contributed by atoms with Crippen molar-refractivity contribution in [1.29, 1.82) is 0 Å². The maximum absolute atomic E-state index is 11.5. The molecule has 0 saturated carbocycles. The molecule has 1 amide bonds. The van der Waals surface area contributed by atoms with Crippen molar-refractivity contribution in [1.82, 2.24) is 10.2 Å². The Morgan fingerprint density at radius 3 is 2.59 bits per heavy atom. The first-order valence-corrected chi connectivity index (χ1v) is 6.89. The fraction of sp³-hybridized carbons (Fsp3) is 0.417.